The van der Waals surface area contributed by atoms with Gasteiger partial charge in [-0.05, 0) is 25.0 Å². The van der Waals surface area contributed by atoms with E-state index in [1.54, 1.807) is 12.2 Å². The lowest BCUT2D eigenvalue weighted by Gasteiger charge is -2.06. The van der Waals surface area contributed by atoms with E-state index in [1.165, 1.54) is 11.1 Å². The second kappa shape index (κ2) is 26.1. The molecule has 0 radical (unpaired) electrons. The van der Waals surface area contributed by atoms with Gasteiger partial charge in [-0.3, -0.25) is 0 Å². The molecule has 2 aromatic rings. The van der Waals surface area contributed by atoms with E-state index < -0.39 is 0 Å². The van der Waals surface area contributed by atoms with Gasteiger partial charge in [0, 0.05) is 0 Å². The third-order valence-corrected chi connectivity index (χ3v) is 2.60. The molecule has 0 saturated heterocycles. The molecule has 0 bridgehead atoms. The normalized spacial score (nSPS) is 7.93. The van der Waals surface area contributed by atoms with E-state index >= 15 is 0 Å². The maximum Gasteiger partial charge on any atom is 0.0718 e. The average molecular weight is 375 g/mol. The van der Waals surface area contributed by atoms with Crippen molar-refractivity contribution in [3.63, 3.8) is 0 Å². The van der Waals surface area contributed by atoms with Crippen LogP contribution in [-0.4, -0.2) is 13.2 Å². The maximum absolute atomic E-state index is 5.53. The van der Waals surface area contributed by atoms with Gasteiger partial charge in [0.2, 0.25) is 0 Å². The van der Waals surface area contributed by atoms with E-state index in [4.69, 9.17) is 9.47 Å². The molecule has 27 heavy (non-hydrogen) atoms. The van der Waals surface area contributed by atoms with Crippen LogP contribution in [0.3, 0.4) is 0 Å². The minimum atomic E-state index is 0. The van der Waals surface area contributed by atoms with E-state index in [0.717, 1.165) is 0 Å². The highest BCUT2D eigenvalue weighted by atomic mass is 16.5. The Balaban J connectivity index is -0.000000262. The van der Waals surface area contributed by atoms with Gasteiger partial charge < -0.3 is 9.47 Å². The van der Waals surface area contributed by atoms with Crippen molar-refractivity contribution in [3.05, 3.63) is 97.1 Å². The van der Waals surface area contributed by atoms with Gasteiger partial charge in [-0.2, -0.15) is 0 Å². The van der Waals surface area contributed by atoms with Crippen molar-refractivity contribution >= 4 is 0 Å². The zero-order chi connectivity index (χ0) is 17.9. The molecule has 0 unspecified atom stereocenters. The summed E-state index contributed by atoms with van der Waals surface area (Å²) >= 11 is 0. The molecular weight excluding hydrogens is 332 g/mol. The zero-order valence-corrected chi connectivity index (χ0v) is 15.0. The van der Waals surface area contributed by atoms with Crippen molar-refractivity contribution in [2.75, 3.05) is 13.2 Å². The SMILES string of the molecule is C.C.C.C=CC.C=CC.c1ccc(COCCOCc2ccccc2)cc1. The summed E-state index contributed by atoms with van der Waals surface area (Å²) < 4.78 is 11.1. The number of benzene rings is 2. The molecule has 0 atom stereocenters. The number of allylic oxidation sites excluding steroid dienone is 2. The molecule has 0 aromatic heterocycles. The minimum absolute atomic E-state index is 0. The summed E-state index contributed by atoms with van der Waals surface area (Å²) in [7, 11) is 0. The van der Waals surface area contributed by atoms with Crippen LogP contribution in [0.5, 0.6) is 0 Å². The predicted octanol–water partition coefficient (Wildman–Crippen LogP) is 7.71. The smallest absolute Gasteiger partial charge is 0.0718 e. The lowest BCUT2D eigenvalue weighted by molar-refractivity contribution is 0.0339. The third kappa shape index (κ3) is 21.8. The second-order valence-corrected chi connectivity index (χ2v) is 4.89. The Kier molecular flexibility index (Phi) is 31.4. The topological polar surface area (TPSA) is 18.5 Å². The summed E-state index contributed by atoms with van der Waals surface area (Å²) in [5.41, 5.74) is 2.39. The third-order valence-electron chi connectivity index (χ3n) is 2.60. The molecule has 0 fully saturated rings. The first-order valence-electron chi connectivity index (χ1n) is 8.15. The summed E-state index contributed by atoms with van der Waals surface area (Å²) in [5.74, 6) is 0. The van der Waals surface area contributed by atoms with Crippen molar-refractivity contribution in [1.29, 1.82) is 0 Å². The largest absolute Gasteiger partial charge is 0.374 e. The number of hydrogen-bond acceptors (Lipinski definition) is 2. The highest BCUT2D eigenvalue weighted by molar-refractivity contribution is 5.14. The first-order chi connectivity index (χ1) is 11.8. The van der Waals surface area contributed by atoms with Crippen LogP contribution in [-0.2, 0) is 22.7 Å². The van der Waals surface area contributed by atoms with Gasteiger partial charge >= 0.3 is 0 Å². The van der Waals surface area contributed by atoms with Gasteiger partial charge in [-0.25, -0.2) is 0 Å². The summed E-state index contributed by atoms with van der Waals surface area (Å²) in [5, 5.41) is 0. The van der Waals surface area contributed by atoms with Crippen LogP contribution < -0.4 is 0 Å². The van der Waals surface area contributed by atoms with Gasteiger partial charge in [-0.1, -0.05) is 95.1 Å². The van der Waals surface area contributed by atoms with E-state index in [-0.39, 0.29) is 22.3 Å². The molecule has 2 aromatic carbocycles. The predicted molar refractivity (Wildman–Crippen MR) is 124 cm³/mol. The fourth-order valence-electron chi connectivity index (χ4n) is 1.65. The lowest BCUT2D eigenvalue weighted by Crippen LogP contribution is -2.04. The van der Waals surface area contributed by atoms with Crippen LogP contribution in [0, 0.1) is 0 Å². The van der Waals surface area contributed by atoms with Gasteiger partial charge in [-0.15, -0.1) is 13.2 Å². The Morgan fingerprint density at radius 1 is 0.630 bits per heavy atom. The maximum atomic E-state index is 5.53. The molecule has 0 aliphatic heterocycles. The van der Waals surface area contributed by atoms with E-state index in [0.29, 0.717) is 26.4 Å². The molecule has 0 saturated carbocycles. The molecule has 0 heterocycles. The minimum Gasteiger partial charge on any atom is -0.374 e. The first-order valence-corrected chi connectivity index (χ1v) is 8.15. The van der Waals surface area contributed by atoms with Crippen LogP contribution in [0.4, 0.5) is 0 Å². The highest BCUT2D eigenvalue weighted by Gasteiger charge is 1.94. The molecule has 154 valence electrons. The Morgan fingerprint density at radius 3 is 1.15 bits per heavy atom. The molecule has 0 spiro atoms. The summed E-state index contributed by atoms with van der Waals surface area (Å²) in [6.07, 6.45) is 3.50. The Labute approximate surface area is 169 Å². The quantitative estimate of drug-likeness (QED) is 0.365. The van der Waals surface area contributed by atoms with E-state index in [2.05, 4.69) is 37.4 Å². The van der Waals surface area contributed by atoms with Crippen molar-refractivity contribution in [2.45, 2.75) is 49.3 Å². The van der Waals surface area contributed by atoms with Gasteiger partial charge in [0.25, 0.3) is 0 Å². The van der Waals surface area contributed by atoms with Gasteiger partial charge in [0.15, 0.2) is 0 Å². The number of hydrogen-bond donors (Lipinski definition) is 0. The van der Waals surface area contributed by atoms with Crippen molar-refractivity contribution in [2.24, 2.45) is 0 Å². The van der Waals surface area contributed by atoms with Crippen LogP contribution in [0.1, 0.15) is 47.3 Å². The molecule has 0 amide bonds. The van der Waals surface area contributed by atoms with E-state index in [9.17, 15) is 0 Å². The molecular formula is C25H42O2. The van der Waals surface area contributed by atoms with Crippen LogP contribution in [0.2, 0.25) is 0 Å². The van der Waals surface area contributed by atoms with Crippen LogP contribution in [0.15, 0.2) is 86.0 Å². The Morgan fingerprint density at radius 2 is 0.889 bits per heavy atom. The molecule has 2 nitrogen and oxygen atoms in total. The van der Waals surface area contributed by atoms with Crippen LogP contribution in [0.25, 0.3) is 0 Å². The standard InChI is InChI=1S/C16H18O2.2C3H6.3CH4/c1-3-7-15(8-4-1)13-17-11-12-18-14-16-9-5-2-6-10-16;2*1-3-2;;;/h1-10H,11-14H2;2*3H,1H2,2H3;3*1H4. The van der Waals surface area contributed by atoms with Crippen molar-refractivity contribution in [1.82, 2.24) is 0 Å². The molecule has 2 rings (SSSR count). The Bertz CT molecular complexity index is 457. The number of ether oxygens (including phenoxy) is 2. The average Bonchev–Trinajstić information content (AvgIpc) is 2.61. The zero-order valence-electron chi connectivity index (χ0n) is 15.0. The first kappa shape index (κ1) is 32.5. The van der Waals surface area contributed by atoms with Gasteiger partial charge in [0.1, 0.15) is 0 Å². The fraction of sp³-hybridized carbons (Fsp3) is 0.360. The Hall–Kier alpha value is -2.16. The molecule has 0 aliphatic rings. The number of rotatable bonds is 7. The second-order valence-electron chi connectivity index (χ2n) is 4.89. The highest BCUT2D eigenvalue weighted by Crippen LogP contribution is 2.02. The molecule has 2 heteroatoms. The molecule has 0 aliphatic carbocycles. The van der Waals surface area contributed by atoms with Crippen molar-refractivity contribution in [3.8, 4) is 0 Å². The van der Waals surface area contributed by atoms with Crippen LogP contribution >= 0.6 is 0 Å². The summed E-state index contributed by atoms with van der Waals surface area (Å²) in [6.45, 7) is 13.1. The van der Waals surface area contributed by atoms with E-state index in [1.807, 2.05) is 50.2 Å². The lowest BCUT2D eigenvalue weighted by atomic mass is 10.2. The summed E-state index contributed by atoms with van der Waals surface area (Å²) in [4.78, 5) is 0. The van der Waals surface area contributed by atoms with Crippen molar-refractivity contribution < 1.29 is 9.47 Å². The summed E-state index contributed by atoms with van der Waals surface area (Å²) in [6, 6.07) is 20.3. The van der Waals surface area contributed by atoms with Gasteiger partial charge in [0.05, 0.1) is 26.4 Å². The molecule has 0 N–H and O–H groups in total. The fourth-order valence-corrected chi connectivity index (χ4v) is 1.65. The monoisotopic (exact) mass is 374 g/mol.